The maximum atomic E-state index is 11.9. The fraction of sp³-hybridized carbons (Fsp3) is 0.333. The van der Waals surface area contributed by atoms with Crippen LogP contribution in [0, 0.1) is 6.92 Å². The van der Waals surface area contributed by atoms with Crippen LogP contribution in [-0.4, -0.2) is 23.8 Å². The lowest BCUT2D eigenvalue weighted by atomic mass is 10.2. The third-order valence-electron chi connectivity index (χ3n) is 3.36. The molecule has 1 aromatic heterocycles. The van der Waals surface area contributed by atoms with Crippen LogP contribution in [0.2, 0.25) is 0 Å². The fourth-order valence-electron chi connectivity index (χ4n) is 2.15. The number of benzene rings is 1. The van der Waals surface area contributed by atoms with Crippen molar-refractivity contribution in [2.24, 2.45) is 0 Å². The Kier molecular flexibility index (Phi) is 4.72. The van der Waals surface area contributed by atoms with Crippen LogP contribution in [0.1, 0.15) is 11.3 Å². The van der Waals surface area contributed by atoms with E-state index in [0.29, 0.717) is 24.7 Å². The molecule has 1 aliphatic heterocycles. The first kappa shape index (κ1) is 16.1. The van der Waals surface area contributed by atoms with Crippen LogP contribution < -0.4 is 14.3 Å². The molecule has 0 unspecified atom stereocenters. The van der Waals surface area contributed by atoms with Gasteiger partial charge >= 0.3 is 10.8 Å². The van der Waals surface area contributed by atoms with E-state index in [1.54, 1.807) is 24.4 Å². The van der Waals surface area contributed by atoms with Crippen LogP contribution in [-0.2, 0) is 22.7 Å². The highest BCUT2D eigenvalue weighted by Crippen LogP contribution is 2.35. The molecule has 0 aliphatic carbocycles. The Bertz CT molecular complexity index is 798. The standard InChI is InChI=1S/C15H14BrNO5S/c1-9-8-23-15(19)17(9)6-14(18)22-7-10-4-12-13(5-11(10)16)21-3-2-20-12/h4-5,8H,2-3,6-7H2,1H3. The number of carbonyl (C=O) groups is 1. The highest BCUT2D eigenvalue weighted by atomic mass is 79.9. The van der Waals surface area contributed by atoms with E-state index in [-0.39, 0.29) is 18.0 Å². The zero-order chi connectivity index (χ0) is 16.4. The minimum absolute atomic E-state index is 0.0870. The van der Waals surface area contributed by atoms with E-state index in [2.05, 4.69) is 15.9 Å². The summed E-state index contributed by atoms with van der Waals surface area (Å²) in [6.45, 7) is 2.80. The number of thiazole rings is 1. The Balaban J connectivity index is 1.66. The lowest BCUT2D eigenvalue weighted by Gasteiger charge is -2.19. The first-order valence-corrected chi connectivity index (χ1v) is 8.60. The minimum Gasteiger partial charge on any atom is -0.486 e. The van der Waals surface area contributed by atoms with Crippen LogP contribution in [0.5, 0.6) is 11.5 Å². The van der Waals surface area contributed by atoms with Gasteiger partial charge in [-0.05, 0) is 19.1 Å². The Morgan fingerprint density at radius 3 is 2.70 bits per heavy atom. The third-order valence-corrected chi connectivity index (χ3v) is 4.98. The predicted molar refractivity (Wildman–Crippen MR) is 88.2 cm³/mol. The van der Waals surface area contributed by atoms with Crippen molar-refractivity contribution in [2.45, 2.75) is 20.1 Å². The van der Waals surface area contributed by atoms with E-state index in [9.17, 15) is 9.59 Å². The molecule has 6 nitrogen and oxygen atoms in total. The quantitative estimate of drug-likeness (QED) is 0.738. The molecule has 0 spiro atoms. The second-order valence-electron chi connectivity index (χ2n) is 4.98. The molecule has 0 N–H and O–H groups in total. The van der Waals surface area contributed by atoms with Gasteiger partial charge in [0.05, 0.1) is 0 Å². The highest BCUT2D eigenvalue weighted by Gasteiger charge is 2.16. The second kappa shape index (κ2) is 6.76. The third kappa shape index (κ3) is 3.59. The summed E-state index contributed by atoms with van der Waals surface area (Å²) in [6.07, 6.45) is 0. The van der Waals surface area contributed by atoms with Crippen LogP contribution >= 0.6 is 27.3 Å². The SMILES string of the molecule is Cc1csc(=O)n1CC(=O)OCc1cc2c(cc1Br)OCCO2. The molecule has 2 heterocycles. The Morgan fingerprint density at radius 2 is 2.04 bits per heavy atom. The van der Waals surface area contributed by atoms with E-state index in [1.165, 1.54) is 4.57 Å². The average Bonchev–Trinajstić information content (AvgIpc) is 2.85. The number of fused-ring (bicyclic) bond motifs is 1. The molecule has 8 heteroatoms. The summed E-state index contributed by atoms with van der Waals surface area (Å²) in [7, 11) is 0. The molecule has 23 heavy (non-hydrogen) atoms. The molecule has 0 saturated heterocycles. The number of esters is 1. The maximum absolute atomic E-state index is 11.9. The number of ether oxygens (including phenoxy) is 3. The number of carbonyl (C=O) groups excluding carboxylic acids is 1. The molecule has 2 aromatic rings. The van der Waals surface area contributed by atoms with Gasteiger partial charge in [-0.3, -0.25) is 14.2 Å². The Hall–Kier alpha value is -1.80. The van der Waals surface area contributed by atoms with Crippen molar-refractivity contribution in [1.82, 2.24) is 4.57 Å². The topological polar surface area (TPSA) is 66.8 Å². The first-order valence-electron chi connectivity index (χ1n) is 6.93. The number of halogens is 1. The largest absolute Gasteiger partial charge is 0.486 e. The van der Waals surface area contributed by atoms with Crippen molar-refractivity contribution in [3.63, 3.8) is 0 Å². The van der Waals surface area contributed by atoms with Crippen molar-refractivity contribution >= 4 is 33.2 Å². The number of aryl methyl sites for hydroxylation is 1. The highest BCUT2D eigenvalue weighted by molar-refractivity contribution is 9.10. The maximum Gasteiger partial charge on any atom is 0.326 e. The Morgan fingerprint density at radius 1 is 1.35 bits per heavy atom. The summed E-state index contributed by atoms with van der Waals surface area (Å²) in [6, 6.07) is 3.58. The second-order valence-corrected chi connectivity index (χ2v) is 6.65. The van der Waals surface area contributed by atoms with Gasteiger partial charge in [-0.2, -0.15) is 0 Å². The van der Waals surface area contributed by atoms with Gasteiger partial charge in [0.2, 0.25) is 0 Å². The van der Waals surface area contributed by atoms with Crippen molar-refractivity contribution in [3.05, 3.63) is 42.9 Å². The molecule has 122 valence electrons. The number of nitrogens with zero attached hydrogens (tertiary/aromatic N) is 1. The molecule has 0 fully saturated rings. The smallest absolute Gasteiger partial charge is 0.326 e. The molecule has 3 rings (SSSR count). The molecule has 0 amide bonds. The normalized spacial score (nSPS) is 13.0. The number of aromatic nitrogens is 1. The summed E-state index contributed by atoms with van der Waals surface area (Å²) >= 11 is 4.50. The summed E-state index contributed by atoms with van der Waals surface area (Å²) < 4.78 is 18.4. The van der Waals surface area contributed by atoms with Gasteiger partial charge in [0.15, 0.2) is 11.5 Å². The predicted octanol–water partition coefficient (Wildman–Crippen LogP) is 2.50. The lowest BCUT2D eigenvalue weighted by molar-refractivity contribution is -0.145. The van der Waals surface area contributed by atoms with Crippen molar-refractivity contribution in [2.75, 3.05) is 13.2 Å². The van der Waals surface area contributed by atoms with Crippen LogP contribution in [0.15, 0.2) is 26.8 Å². The van der Waals surface area contributed by atoms with Gasteiger partial charge in [0, 0.05) is 21.1 Å². The zero-order valence-corrected chi connectivity index (χ0v) is 14.7. The summed E-state index contributed by atoms with van der Waals surface area (Å²) in [5.41, 5.74) is 1.52. The summed E-state index contributed by atoms with van der Waals surface area (Å²) in [5.74, 6) is 0.837. The van der Waals surface area contributed by atoms with Gasteiger partial charge in [-0.15, -0.1) is 0 Å². The van der Waals surface area contributed by atoms with Crippen LogP contribution in [0.3, 0.4) is 0 Å². The van der Waals surface area contributed by atoms with Gasteiger partial charge < -0.3 is 14.2 Å². The molecular formula is C15H14BrNO5S. The molecular weight excluding hydrogens is 386 g/mol. The zero-order valence-electron chi connectivity index (χ0n) is 12.3. The first-order chi connectivity index (χ1) is 11.0. The van der Waals surface area contributed by atoms with Crippen molar-refractivity contribution in [3.8, 4) is 11.5 Å². The lowest BCUT2D eigenvalue weighted by Crippen LogP contribution is -2.22. The number of rotatable bonds is 4. The van der Waals surface area contributed by atoms with Gasteiger partial charge in [-0.25, -0.2) is 0 Å². The fourth-order valence-corrected chi connectivity index (χ4v) is 3.32. The van der Waals surface area contributed by atoms with Crippen LogP contribution in [0.4, 0.5) is 0 Å². The van der Waals surface area contributed by atoms with Crippen LogP contribution in [0.25, 0.3) is 0 Å². The van der Waals surface area contributed by atoms with Gasteiger partial charge in [0.25, 0.3) is 0 Å². The molecule has 1 aromatic carbocycles. The summed E-state index contributed by atoms with van der Waals surface area (Å²) in [4.78, 5) is 23.4. The summed E-state index contributed by atoms with van der Waals surface area (Å²) in [5, 5.41) is 1.72. The molecule has 0 bridgehead atoms. The van der Waals surface area contributed by atoms with E-state index < -0.39 is 5.97 Å². The molecule has 0 radical (unpaired) electrons. The van der Waals surface area contributed by atoms with Crippen molar-refractivity contribution in [1.29, 1.82) is 0 Å². The molecule has 0 saturated carbocycles. The van der Waals surface area contributed by atoms with E-state index in [0.717, 1.165) is 27.1 Å². The molecule has 0 atom stereocenters. The average molecular weight is 400 g/mol. The monoisotopic (exact) mass is 399 g/mol. The van der Waals surface area contributed by atoms with E-state index in [4.69, 9.17) is 14.2 Å². The van der Waals surface area contributed by atoms with Crippen molar-refractivity contribution < 1.29 is 19.0 Å². The van der Waals surface area contributed by atoms with Gasteiger partial charge in [-0.1, -0.05) is 27.3 Å². The number of hydrogen-bond acceptors (Lipinski definition) is 6. The number of hydrogen-bond donors (Lipinski definition) is 0. The van der Waals surface area contributed by atoms with E-state index in [1.807, 2.05) is 0 Å². The minimum atomic E-state index is -0.463. The van der Waals surface area contributed by atoms with Gasteiger partial charge in [0.1, 0.15) is 26.4 Å². The molecule has 1 aliphatic rings. The Labute approximate surface area is 144 Å². The van der Waals surface area contributed by atoms with E-state index >= 15 is 0 Å².